The van der Waals surface area contributed by atoms with Crippen molar-refractivity contribution in [2.24, 2.45) is 5.41 Å². The molecule has 0 aliphatic carbocycles. The van der Waals surface area contributed by atoms with Crippen molar-refractivity contribution in [3.8, 4) is 11.4 Å². The first-order chi connectivity index (χ1) is 17.7. The third-order valence-corrected chi connectivity index (χ3v) is 6.07. The van der Waals surface area contributed by atoms with Gasteiger partial charge in [0.2, 0.25) is 5.82 Å². The summed E-state index contributed by atoms with van der Waals surface area (Å²) >= 11 is 0. The molecule has 0 unspecified atom stereocenters. The SMILES string of the molecule is [2H]C([2H])([2H])C([2H])(c1ccc([C@](O)(c2cncc(-c3noc(C(C)(C)O)n3)c2)C2(C)CN(C)C2)cc1)C([2H])([2H])[2H]. The van der Waals surface area contributed by atoms with Gasteiger partial charge in [0.1, 0.15) is 11.2 Å². The van der Waals surface area contributed by atoms with E-state index < -0.39 is 36.2 Å². The summed E-state index contributed by atoms with van der Waals surface area (Å²) in [5.41, 5.74) is -2.68. The summed E-state index contributed by atoms with van der Waals surface area (Å²) in [6, 6.07) is 7.16. The Hall–Kier alpha value is -2.61. The van der Waals surface area contributed by atoms with E-state index in [4.69, 9.17) is 14.1 Å². The van der Waals surface area contributed by atoms with Crippen molar-refractivity contribution in [2.75, 3.05) is 20.1 Å². The molecule has 2 aromatic heterocycles. The number of hydrogen-bond donors (Lipinski definition) is 2. The van der Waals surface area contributed by atoms with E-state index in [1.54, 1.807) is 6.07 Å². The minimum atomic E-state index is -3.12. The van der Waals surface area contributed by atoms with E-state index in [-0.39, 0.29) is 17.3 Å². The molecule has 7 heteroatoms. The van der Waals surface area contributed by atoms with Crippen molar-refractivity contribution >= 4 is 0 Å². The molecule has 3 aromatic rings. The molecule has 1 saturated heterocycles. The fraction of sp³-hybridized carbons (Fsp3) is 0.480. The van der Waals surface area contributed by atoms with E-state index in [0.717, 1.165) is 0 Å². The number of hydrogen-bond acceptors (Lipinski definition) is 7. The van der Waals surface area contributed by atoms with Crippen LogP contribution in [0.3, 0.4) is 0 Å². The second-order valence-electron chi connectivity index (χ2n) is 9.34. The van der Waals surface area contributed by atoms with Crippen molar-refractivity contribution < 1.29 is 24.3 Å². The quantitative estimate of drug-likeness (QED) is 0.600. The van der Waals surface area contributed by atoms with Gasteiger partial charge in [0.25, 0.3) is 5.89 Å². The van der Waals surface area contributed by atoms with Crippen LogP contribution in [0.25, 0.3) is 11.4 Å². The molecule has 1 fully saturated rings. The zero-order valence-electron chi connectivity index (χ0n) is 25.5. The summed E-state index contributed by atoms with van der Waals surface area (Å²) in [6.07, 6.45) is 3.01. The Kier molecular flexibility index (Phi) is 3.70. The van der Waals surface area contributed by atoms with E-state index in [1.165, 1.54) is 50.5 Å². The van der Waals surface area contributed by atoms with Crippen LogP contribution < -0.4 is 0 Å². The van der Waals surface area contributed by atoms with Crippen LogP contribution in [0.1, 0.15) is 72.5 Å². The van der Waals surface area contributed by atoms with E-state index in [1.807, 2.05) is 18.9 Å². The second kappa shape index (κ2) is 7.76. The van der Waals surface area contributed by atoms with Gasteiger partial charge in [-0.3, -0.25) is 4.98 Å². The molecule has 0 radical (unpaired) electrons. The van der Waals surface area contributed by atoms with Gasteiger partial charge in [-0.15, -0.1) is 0 Å². The summed E-state index contributed by atoms with van der Waals surface area (Å²) in [5.74, 6) is -2.66. The number of benzene rings is 1. The molecule has 0 spiro atoms. The smallest absolute Gasteiger partial charge is 0.258 e. The van der Waals surface area contributed by atoms with Gasteiger partial charge in [-0.2, -0.15) is 4.98 Å². The highest BCUT2D eigenvalue weighted by Gasteiger charge is 2.55. The minimum Gasteiger partial charge on any atom is -0.381 e. The summed E-state index contributed by atoms with van der Waals surface area (Å²) in [5, 5.41) is 26.6. The van der Waals surface area contributed by atoms with Crippen molar-refractivity contribution in [3.63, 3.8) is 0 Å². The maximum Gasteiger partial charge on any atom is 0.258 e. The number of nitrogens with zero attached hydrogens (tertiary/aromatic N) is 4. The van der Waals surface area contributed by atoms with Gasteiger partial charge in [0.15, 0.2) is 0 Å². The predicted molar refractivity (Wildman–Crippen MR) is 122 cm³/mol. The number of aromatic nitrogens is 3. The number of rotatable bonds is 6. The van der Waals surface area contributed by atoms with Gasteiger partial charge in [0.05, 0.1) is 0 Å². The Morgan fingerprint density at radius 1 is 1.16 bits per heavy atom. The first kappa shape index (κ1) is 15.3. The van der Waals surface area contributed by atoms with Crippen LogP contribution in [0.4, 0.5) is 0 Å². The highest BCUT2D eigenvalue weighted by molar-refractivity contribution is 5.56. The molecule has 4 rings (SSSR count). The zero-order chi connectivity index (χ0) is 29.2. The molecule has 32 heavy (non-hydrogen) atoms. The van der Waals surface area contributed by atoms with Gasteiger partial charge in [0, 0.05) is 51.6 Å². The van der Waals surface area contributed by atoms with Crippen LogP contribution in [-0.4, -0.2) is 50.4 Å². The predicted octanol–water partition coefficient (Wildman–Crippen LogP) is 3.67. The van der Waals surface area contributed by atoms with Crippen LogP contribution in [0.15, 0.2) is 47.2 Å². The Bertz CT molecular complexity index is 1330. The molecule has 1 aliphatic heterocycles. The van der Waals surface area contributed by atoms with Crippen LogP contribution >= 0.6 is 0 Å². The fourth-order valence-electron chi connectivity index (χ4n) is 4.46. The lowest BCUT2D eigenvalue weighted by Crippen LogP contribution is -2.63. The van der Waals surface area contributed by atoms with E-state index in [9.17, 15) is 10.2 Å². The zero-order valence-corrected chi connectivity index (χ0v) is 18.5. The van der Waals surface area contributed by atoms with E-state index >= 15 is 0 Å². The number of pyridine rings is 1. The average Bonchev–Trinajstić information content (AvgIpc) is 3.32. The lowest BCUT2D eigenvalue weighted by molar-refractivity contribution is -0.127. The average molecular weight is 444 g/mol. The number of aliphatic hydroxyl groups is 2. The van der Waals surface area contributed by atoms with Gasteiger partial charge >= 0.3 is 0 Å². The maximum absolute atomic E-state index is 12.4. The Balaban J connectivity index is 1.83. The largest absolute Gasteiger partial charge is 0.381 e. The highest BCUT2D eigenvalue weighted by Crippen LogP contribution is 2.50. The molecule has 2 N–H and O–H groups in total. The van der Waals surface area contributed by atoms with Crippen molar-refractivity contribution in [1.82, 2.24) is 20.0 Å². The monoisotopic (exact) mass is 443 g/mol. The molecular formula is C25H32N4O3. The molecule has 3 heterocycles. The van der Waals surface area contributed by atoms with Crippen LogP contribution in [-0.2, 0) is 11.2 Å². The third kappa shape index (κ3) is 3.74. The van der Waals surface area contributed by atoms with Gasteiger partial charge < -0.3 is 19.6 Å². The highest BCUT2D eigenvalue weighted by atomic mass is 16.5. The Labute approximate surface area is 199 Å². The van der Waals surface area contributed by atoms with E-state index in [2.05, 4.69) is 15.1 Å². The number of likely N-dealkylation sites (tertiary alicyclic amines) is 1. The lowest BCUT2D eigenvalue weighted by Gasteiger charge is -2.55. The van der Waals surface area contributed by atoms with Gasteiger partial charge in [-0.25, -0.2) is 0 Å². The first-order valence-electron chi connectivity index (χ1n) is 13.8. The Morgan fingerprint density at radius 3 is 2.41 bits per heavy atom. The summed E-state index contributed by atoms with van der Waals surface area (Å²) < 4.78 is 60.4. The normalized spacial score (nSPS) is 22.8. The third-order valence-electron chi connectivity index (χ3n) is 6.07. The van der Waals surface area contributed by atoms with Crippen molar-refractivity contribution in [2.45, 2.75) is 51.6 Å². The fourth-order valence-corrected chi connectivity index (χ4v) is 4.46. The molecule has 0 amide bonds. The summed E-state index contributed by atoms with van der Waals surface area (Å²) in [4.78, 5) is 10.6. The Morgan fingerprint density at radius 2 is 1.84 bits per heavy atom. The molecule has 170 valence electrons. The van der Waals surface area contributed by atoms with E-state index in [0.29, 0.717) is 29.8 Å². The molecule has 0 saturated carbocycles. The van der Waals surface area contributed by atoms with Gasteiger partial charge in [-0.1, -0.05) is 50.0 Å². The second-order valence-corrected chi connectivity index (χ2v) is 9.34. The molecule has 1 aliphatic rings. The van der Waals surface area contributed by atoms with Crippen LogP contribution in [0.2, 0.25) is 0 Å². The minimum absolute atomic E-state index is 0.0173. The summed E-state index contributed by atoms with van der Waals surface area (Å²) in [7, 11) is 1.92. The van der Waals surface area contributed by atoms with Crippen molar-refractivity contribution in [3.05, 3.63) is 65.3 Å². The summed E-state index contributed by atoms with van der Waals surface area (Å²) in [6.45, 7) is -0.263. The maximum atomic E-state index is 12.4. The van der Waals surface area contributed by atoms with Crippen LogP contribution in [0.5, 0.6) is 0 Å². The van der Waals surface area contributed by atoms with Crippen molar-refractivity contribution in [1.29, 1.82) is 0 Å². The molecule has 1 aromatic carbocycles. The molecular weight excluding hydrogens is 404 g/mol. The topological polar surface area (TPSA) is 95.5 Å². The first-order valence-corrected chi connectivity index (χ1v) is 10.3. The standard InChI is InChI=1S/C25H32N4O3/c1-16(2)17-7-9-19(10-8-17)25(31,24(5)14-29(6)15-24)20-11-18(12-26-13-20)21-27-22(32-28-21)23(3,4)30/h7-13,16,30-31H,14-15H2,1-6H3/t25-/m0/s1/i1D3,2D3,16D. The lowest BCUT2D eigenvalue weighted by atomic mass is 9.62. The molecule has 1 atom stereocenters. The molecule has 0 bridgehead atoms. The van der Waals surface area contributed by atoms with Gasteiger partial charge in [-0.05, 0) is 44.0 Å². The molecule has 7 nitrogen and oxygen atoms in total. The van der Waals surface area contributed by atoms with Crippen LogP contribution in [0, 0.1) is 5.41 Å².